The summed E-state index contributed by atoms with van der Waals surface area (Å²) in [5.41, 5.74) is 0.573. The fourth-order valence-electron chi connectivity index (χ4n) is 1.51. The molecule has 112 valence electrons. The van der Waals surface area contributed by atoms with Crippen LogP contribution < -0.4 is 10.6 Å². The molecule has 0 radical (unpaired) electrons. The first-order chi connectivity index (χ1) is 9.55. The monoisotopic (exact) mass is 284 g/mol. The van der Waals surface area contributed by atoms with Crippen molar-refractivity contribution in [3.05, 3.63) is 12.4 Å². The lowest BCUT2D eigenvalue weighted by atomic mass is 10.2. The van der Waals surface area contributed by atoms with Gasteiger partial charge in [0.25, 0.3) is 0 Å². The number of amides is 2. The highest BCUT2D eigenvalue weighted by Gasteiger charge is 2.12. The van der Waals surface area contributed by atoms with Crippen LogP contribution in [0.25, 0.3) is 0 Å². The van der Waals surface area contributed by atoms with Crippen LogP contribution >= 0.6 is 0 Å². The Morgan fingerprint density at radius 3 is 2.85 bits per heavy atom. The Morgan fingerprint density at radius 1 is 1.45 bits per heavy atom. The van der Waals surface area contributed by atoms with Gasteiger partial charge in [0.15, 0.2) is 0 Å². The van der Waals surface area contributed by atoms with Crippen LogP contribution in [0.3, 0.4) is 0 Å². The van der Waals surface area contributed by atoms with Gasteiger partial charge in [0.05, 0.1) is 38.6 Å². The molecule has 0 saturated heterocycles. The molecule has 1 unspecified atom stereocenters. The van der Waals surface area contributed by atoms with Crippen molar-refractivity contribution in [3.63, 3.8) is 0 Å². The number of anilines is 1. The summed E-state index contributed by atoms with van der Waals surface area (Å²) in [4.78, 5) is 22.7. The number of urea groups is 1. The molecule has 8 nitrogen and oxygen atoms in total. The van der Waals surface area contributed by atoms with Gasteiger partial charge < -0.3 is 20.1 Å². The zero-order valence-electron chi connectivity index (χ0n) is 11.9. The van der Waals surface area contributed by atoms with Gasteiger partial charge in [-0.25, -0.2) is 4.79 Å². The zero-order valence-corrected chi connectivity index (χ0v) is 11.9. The highest BCUT2D eigenvalue weighted by atomic mass is 16.5. The maximum absolute atomic E-state index is 11.7. The van der Waals surface area contributed by atoms with Crippen LogP contribution in [0, 0.1) is 0 Å². The van der Waals surface area contributed by atoms with E-state index in [1.54, 1.807) is 31.1 Å². The lowest BCUT2D eigenvalue weighted by Crippen LogP contribution is -2.37. The van der Waals surface area contributed by atoms with Crippen molar-refractivity contribution in [1.29, 1.82) is 0 Å². The fraction of sp³-hybridized carbons (Fsp3) is 0.583. The molecule has 8 heteroatoms. The first-order valence-corrected chi connectivity index (χ1v) is 6.21. The molecule has 0 fully saturated rings. The average Bonchev–Trinajstić information content (AvgIpc) is 2.83. The molecule has 2 amide bonds. The van der Waals surface area contributed by atoms with Crippen LogP contribution in [0.4, 0.5) is 10.5 Å². The smallest absolute Gasteiger partial charge is 0.319 e. The van der Waals surface area contributed by atoms with E-state index in [-0.39, 0.29) is 18.4 Å². The predicted octanol–water partition coefficient (Wildman–Crippen LogP) is 0.603. The summed E-state index contributed by atoms with van der Waals surface area (Å²) in [6.45, 7) is 2.88. The van der Waals surface area contributed by atoms with Gasteiger partial charge in [-0.1, -0.05) is 0 Å². The number of carbonyl (C=O) groups excluding carboxylic acids is 2. The molecular formula is C12H20N4O4. The average molecular weight is 284 g/mol. The topological polar surface area (TPSA) is 94.5 Å². The number of aromatic nitrogens is 2. The number of methoxy groups -OCH3 is 2. The lowest BCUT2D eigenvalue weighted by Gasteiger charge is -2.12. The Bertz CT molecular complexity index is 446. The van der Waals surface area contributed by atoms with Gasteiger partial charge in [-0.05, 0) is 6.92 Å². The van der Waals surface area contributed by atoms with Crippen molar-refractivity contribution in [3.8, 4) is 0 Å². The number of esters is 1. The van der Waals surface area contributed by atoms with E-state index in [1.165, 1.54) is 7.11 Å². The van der Waals surface area contributed by atoms with Crippen molar-refractivity contribution >= 4 is 17.7 Å². The van der Waals surface area contributed by atoms with Gasteiger partial charge in [0.1, 0.15) is 0 Å². The molecule has 0 aromatic carbocycles. The van der Waals surface area contributed by atoms with Crippen molar-refractivity contribution in [1.82, 2.24) is 15.1 Å². The second kappa shape index (κ2) is 8.16. The molecule has 1 rings (SSSR count). The van der Waals surface area contributed by atoms with Crippen LogP contribution in [0.15, 0.2) is 12.4 Å². The molecule has 0 saturated carbocycles. The molecule has 1 heterocycles. The van der Waals surface area contributed by atoms with E-state index in [2.05, 4.69) is 20.5 Å². The minimum absolute atomic E-state index is 0.122. The molecule has 0 bridgehead atoms. The molecule has 1 aromatic rings. The first-order valence-electron chi connectivity index (χ1n) is 6.21. The second-order valence-corrected chi connectivity index (χ2v) is 4.26. The van der Waals surface area contributed by atoms with E-state index in [4.69, 9.17) is 4.74 Å². The number of rotatable bonds is 7. The van der Waals surface area contributed by atoms with Gasteiger partial charge in [-0.2, -0.15) is 5.10 Å². The Hall–Kier alpha value is -2.09. The molecule has 0 aliphatic carbocycles. The Labute approximate surface area is 117 Å². The van der Waals surface area contributed by atoms with Crippen LogP contribution in [0.5, 0.6) is 0 Å². The van der Waals surface area contributed by atoms with Crippen LogP contribution in [0.1, 0.15) is 13.3 Å². The Morgan fingerprint density at radius 2 is 2.20 bits per heavy atom. The molecule has 0 spiro atoms. The largest absolute Gasteiger partial charge is 0.469 e. The maximum Gasteiger partial charge on any atom is 0.319 e. The number of nitrogens with one attached hydrogen (secondary N) is 2. The minimum Gasteiger partial charge on any atom is -0.469 e. The highest BCUT2D eigenvalue weighted by Crippen LogP contribution is 2.04. The quantitative estimate of drug-likeness (QED) is 0.715. The van der Waals surface area contributed by atoms with E-state index < -0.39 is 6.03 Å². The summed E-state index contributed by atoms with van der Waals surface area (Å²) < 4.78 is 11.1. The SMILES string of the molecule is COCCn1cc(NC(=O)NC(C)CC(=O)OC)cn1. The summed E-state index contributed by atoms with van der Waals surface area (Å²) in [7, 11) is 2.92. The molecule has 0 aliphatic rings. The van der Waals surface area contributed by atoms with Gasteiger partial charge in [-0.15, -0.1) is 0 Å². The van der Waals surface area contributed by atoms with Crippen molar-refractivity contribution in [2.24, 2.45) is 0 Å². The fourth-order valence-corrected chi connectivity index (χ4v) is 1.51. The van der Waals surface area contributed by atoms with Gasteiger partial charge in [0, 0.05) is 19.3 Å². The third-order valence-electron chi connectivity index (χ3n) is 2.49. The molecular weight excluding hydrogens is 264 g/mol. The van der Waals surface area contributed by atoms with Gasteiger partial charge in [-0.3, -0.25) is 9.48 Å². The minimum atomic E-state index is -0.396. The number of hydrogen-bond acceptors (Lipinski definition) is 5. The lowest BCUT2D eigenvalue weighted by molar-refractivity contribution is -0.141. The summed E-state index contributed by atoms with van der Waals surface area (Å²) >= 11 is 0. The summed E-state index contributed by atoms with van der Waals surface area (Å²) in [6, 6.07) is -0.710. The molecule has 1 aromatic heterocycles. The number of hydrogen-bond donors (Lipinski definition) is 2. The number of nitrogens with zero attached hydrogens (tertiary/aromatic N) is 2. The predicted molar refractivity (Wildman–Crippen MR) is 72.4 cm³/mol. The second-order valence-electron chi connectivity index (χ2n) is 4.26. The van der Waals surface area contributed by atoms with Crippen molar-refractivity contribution in [2.75, 3.05) is 26.1 Å². The van der Waals surface area contributed by atoms with Gasteiger partial charge in [0.2, 0.25) is 0 Å². The molecule has 20 heavy (non-hydrogen) atoms. The third-order valence-corrected chi connectivity index (χ3v) is 2.49. The molecule has 0 aliphatic heterocycles. The van der Waals surface area contributed by atoms with Crippen molar-refractivity contribution in [2.45, 2.75) is 25.9 Å². The van der Waals surface area contributed by atoms with Gasteiger partial charge >= 0.3 is 12.0 Å². The summed E-state index contributed by atoms with van der Waals surface area (Å²) in [6.07, 6.45) is 3.36. The Kier molecular flexibility index (Phi) is 6.51. The summed E-state index contributed by atoms with van der Waals surface area (Å²) in [5.74, 6) is -0.370. The number of carbonyl (C=O) groups is 2. The normalized spacial score (nSPS) is 11.8. The standard InChI is InChI=1S/C12H20N4O4/c1-9(6-11(17)20-3)14-12(18)15-10-7-13-16(8-10)4-5-19-2/h7-9H,4-6H2,1-3H3,(H2,14,15,18). The molecule has 2 N–H and O–H groups in total. The van der Waals surface area contributed by atoms with E-state index in [1.807, 2.05) is 0 Å². The van der Waals surface area contributed by atoms with E-state index in [0.29, 0.717) is 18.8 Å². The Balaban J connectivity index is 2.38. The third kappa shape index (κ3) is 5.70. The maximum atomic E-state index is 11.7. The highest BCUT2D eigenvalue weighted by molar-refractivity contribution is 5.89. The first kappa shape index (κ1) is 16.0. The zero-order chi connectivity index (χ0) is 15.0. The van der Waals surface area contributed by atoms with Crippen LogP contribution in [-0.4, -0.2) is 48.6 Å². The van der Waals surface area contributed by atoms with E-state index >= 15 is 0 Å². The van der Waals surface area contributed by atoms with E-state index in [0.717, 1.165) is 0 Å². The van der Waals surface area contributed by atoms with Crippen molar-refractivity contribution < 1.29 is 19.1 Å². The van der Waals surface area contributed by atoms with E-state index in [9.17, 15) is 9.59 Å². The number of ether oxygens (including phenoxy) is 2. The summed E-state index contributed by atoms with van der Waals surface area (Å²) in [5, 5.41) is 9.34. The van der Waals surface area contributed by atoms with Crippen LogP contribution in [0.2, 0.25) is 0 Å². The molecule has 1 atom stereocenters. The van der Waals surface area contributed by atoms with Crippen LogP contribution in [-0.2, 0) is 20.8 Å².